The van der Waals surface area contributed by atoms with Gasteiger partial charge < -0.3 is 59.1 Å². The molecule has 194 valence electrons. The van der Waals surface area contributed by atoms with Crippen LogP contribution in [0.4, 0.5) is 0 Å². The van der Waals surface area contributed by atoms with Gasteiger partial charge in [-0.05, 0) is 18.2 Å². The van der Waals surface area contributed by atoms with E-state index < -0.39 is 65.4 Å². The first-order chi connectivity index (χ1) is 17.1. The van der Waals surface area contributed by atoms with Gasteiger partial charge in [0.25, 0.3) is 0 Å². The number of aromatic hydroxyl groups is 3. The largest absolute Gasteiger partial charge is 0.504 e. The maximum Gasteiger partial charge on any atom is 0.238 e. The molecule has 1 aliphatic rings. The summed E-state index contributed by atoms with van der Waals surface area (Å²) >= 11 is 0. The van der Waals surface area contributed by atoms with E-state index in [0.29, 0.717) is 0 Å². The van der Waals surface area contributed by atoms with Crippen molar-refractivity contribution < 1.29 is 59.1 Å². The van der Waals surface area contributed by atoms with E-state index in [1.807, 2.05) is 0 Å². The highest BCUT2D eigenvalue weighted by Gasteiger charge is 2.45. The van der Waals surface area contributed by atoms with E-state index in [1.165, 1.54) is 38.5 Å². The second kappa shape index (κ2) is 9.72. The van der Waals surface area contributed by atoms with Crippen molar-refractivity contribution in [3.8, 4) is 45.8 Å². The molecule has 2 aromatic carbocycles. The number of benzene rings is 2. The van der Waals surface area contributed by atoms with Crippen molar-refractivity contribution in [1.82, 2.24) is 0 Å². The van der Waals surface area contributed by atoms with Crippen molar-refractivity contribution in [2.45, 2.75) is 30.7 Å². The van der Waals surface area contributed by atoms with Gasteiger partial charge in [0, 0.05) is 11.6 Å². The summed E-state index contributed by atoms with van der Waals surface area (Å²) in [7, 11) is 2.53. The first-order valence-corrected chi connectivity index (χ1v) is 10.6. The molecule has 1 fully saturated rings. The van der Waals surface area contributed by atoms with E-state index in [0.717, 1.165) is 0 Å². The zero-order chi connectivity index (χ0) is 26.3. The van der Waals surface area contributed by atoms with Crippen LogP contribution in [0.5, 0.6) is 34.5 Å². The van der Waals surface area contributed by atoms with Gasteiger partial charge in [-0.1, -0.05) is 0 Å². The van der Waals surface area contributed by atoms with Gasteiger partial charge >= 0.3 is 0 Å². The number of methoxy groups -OCH3 is 2. The van der Waals surface area contributed by atoms with Gasteiger partial charge in [-0.3, -0.25) is 4.79 Å². The Bertz CT molecular complexity index is 1330. The predicted octanol–water partition coefficient (Wildman–Crippen LogP) is -0.227. The molecule has 0 saturated carbocycles. The van der Waals surface area contributed by atoms with Gasteiger partial charge in [-0.25, -0.2) is 0 Å². The Morgan fingerprint density at radius 3 is 2.25 bits per heavy atom. The van der Waals surface area contributed by atoms with Crippen molar-refractivity contribution in [2.75, 3.05) is 20.8 Å². The number of fused-ring (bicyclic) bond motifs is 1. The Balaban J connectivity index is 1.83. The summed E-state index contributed by atoms with van der Waals surface area (Å²) in [6.45, 7) is -0.714. The fraction of sp³-hybridized carbons (Fsp3) is 0.348. The summed E-state index contributed by atoms with van der Waals surface area (Å²) in [5.41, 5.74) is -1.08. The van der Waals surface area contributed by atoms with E-state index in [-0.39, 0.29) is 34.2 Å². The molecule has 13 nitrogen and oxygen atoms in total. The second-order valence-corrected chi connectivity index (χ2v) is 7.94. The molecule has 2 heterocycles. The van der Waals surface area contributed by atoms with Crippen LogP contribution in [-0.2, 0) is 4.74 Å². The van der Waals surface area contributed by atoms with Crippen LogP contribution in [0.1, 0.15) is 0 Å². The summed E-state index contributed by atoms with van der Waals surface area (Å²) < 4.78 is 26.7. The normalized spacial score (nSPS) is 24.0. The van der Waals surface area contributed by atoms with Gasteiger partial charge in [0.2, 0.25) is 23.2 Å². The third-order valence-electron chi connectivity index (χ3n) is 5.80. The standard InChI is InChI=1S/C23H24O13/c1-32-10-5-8(3-4-9(10)25)21-19(30)16(27)14-11(34-21)6-12(33-2)22(17(14)28)36-23-20(31)18(29)15(26)13(7-24)35-23/h3-6,13,15,18,20,23-26,28-31H,7H2,1-2H3/t13?,15-,18+,20?,23+/m1/s1. The van der Waals surface area contributed by atoms with E-state index in [1.54, 1.807) is 0 Å². The Kier molecular flexibility index (Phi) is 6.84. The fourth-order valence-corrected chi connectivity index (χ4v) is 3.84. The molecular weight excluding hydrogens is 484 g/mol. The Labute approximate surface area is 202 Å². The van der Waals surface area contributed by atoms with Crippen LogP contribution in [0.2, 0.25) is 0 Å². The van der Waals surface area contributed by atoms with Crippen molar-refractivity contribution in [3.05, 3.63) is 34.5 Å². The number of hydrogen-bond acceptors (Lipinski definition) is 13. The number of aliphatic hydroxyl groups excluding tert-OH is 4. The number of phenolic OH excluding ortho intramolecular Hbond substituents is 2. The number of rotatable bonds is 6. The number of phenols is 2. The van der Waals surface area contributed by atoms with Gasteiger partial charge in [0.1, 0.15) is 35.4 Å². The van der Waals surface area contributed by atoms with Crippen molar-refractivity contribution in [3.63, 3.8) is 0 Å². The molecule has 5 atom stereocenters. The van der Waals surface area contributed by atoms with Gasteiger partial charge in [0.15, 0.2) is 28.8 Å². The zero-order valence-corrected chi connectivity index (χ0v) is 19.0. The minimum atomic E-state index is -1.81. The summed E-state index contributed by atoms with van der Waals surface area (Å²) in [5, 5.41) is 70.3. The topological polar surface area (TPSA) is 209 Å². The van der Waals surface area contributed by atoms with Crippen LogP contribution in [0, 0.1) is 0 Å². The van der Waals surface area contributed by atoms with E-state index in [2.05, 4.69) is 0 Å². The van der Waals surface area contributed by atoms with Gasteiger partial charge in [0.05, 0.1) is 20.8 Å². The van der Waals surface area contributed by atoms with Crippen LogP contribution in [-0.4, -0.2) is 87.3 Å². The smallest absolute Gasteiger partial charge is 0.238 e. The molecule has 0 radical (unpaired) electrons. The molecule has 0 amide bonds. The van der Waals surface area contributed by atoms with E-state index in [4.69, 9.17) is 23.4 Å². The molecule has 0 aliphatic carbocycles. The van der Waals surface area contributed by atoms with Crippen LogP contribution >= 0.6 is 0 Å². The molecule has 13 heteroatoms. The summed E-state index contributed by atoms with van der Waals surface area (Å²) in [5.74, 6) is -2.79. The Hall–Kier alpha value is -3.75. The molecule has 2 unspecified atom stereocenters. The lowest BCUT2D eigenvalue weighted by atomic mass is 9.99. The predicted molar refractivity (Wildman–Crippen MR) is 120 cm³/mol. The average Bonchev–Trinajstić information content (AvgIpc) is 2.87. The Morgan fingerprint density at radius 2 is 1.61 bits per heavy atom. The van der Waals surface area contributed by atoms with Crippen LogP contribution in [0.3, 0.4) is 0 Å². The molecule has 1 aliphatic heterocycles. The highest BCUT2D eigenvalue weighted by molar-refractivity contribution is 5.91. The van der Waals surface area contributed by atoms with Crippen LogP contribution < -0.4 is 19.6 Å². The van der Waals surface area contributed by atoms with Gasteiger partial charge in [-0.2, -0.15) is 0 Å². The average molecular weight is 508 g/mol. The number of aliphatic hydroxyl groups is 4. The third kappa shape index (κ3) is 4.12. The summed E-state index contributed by atoms with van der Waals surface area (Å²) in [6.07, 6.45) is -8.19. The SMILES string of the molecule is COc1cc(-c2oc3cc(OC)c(O[C@@H]4OC(CO)[C@@H](O)[C@H](O)C4O)c(O)c3c(=O)c2O)ccc1O. The molecule has 0 spiro atoms. The maximum atomic E-state index is 13.0. The molecular formula is C23H24O13. The zero-order valence-electron chi connectivity index (χ0n) is 19.0. The van der Waals surface area contributed by atoms with Crippen molar-refractivity contribution in [1.29, 1.82) is 0 Å². The van der Waals surface area contributed by atoms with Gasteiger partial charge in [-0.15, -0.1) is 0 Å². The quantitative estimate of drug-likeness (QED) is 0.230. The number of ether oxygens (including phenoxy) is 4. The molecule has 3 aromatic rings. The minimum absolute atomic E-state index is 0.0540. The highest BCUT2D eigenvalue weighted by Crippen LogP contribution is 2.45. The second-order valence-electron chi connectivity index (χ2n) is 7.94. The lowest BCUT2D eigenvalue weighted by molar-refractivity contribution is -0.277. The van der Waals surface area contributed by atoms with E-state index >= 15 is 0 Å². The molecule has 0 bridgehead atoms. The minimum Gasteiger partial charge on any atom is -0.504 e. The lowest BCUT2D eigenvalue weighted by Gasteiger charge is -2.39. The third-order valence-corrected chi connectivity index (χ3v) is 5.80. The highest BCUT2D eigenvalue weighted by atomic mass is 16.7. The molecule has 7 N–H and O–H groups in total. The molecule has 36 heavy (non-hydrogen) atoms. The molecule has 4 rings (SSSR count). The lowest BCUT2D eigenvalue weighted by Crippen LogP contribution is -2.60. The maximum absolute atomic E-state index is 13.0. The van der Waals surface area contributed by atoms with Crippen molar-refractivity contribution in [2.24, 2.45) is 0 Å². The first-order valence-electron chi connectivity index (χ1n) is 10.6. The molecule has 1 saturated heterocycles. The molecule has 1 aromatic heterocycles. The van der Waals surface area contributed by atoms with Crippen LogP contribution in [0.15, 0.2) is 33.5 Å². The Morgan fingerprint density at radius 1 is 0.917 bits per heavy atom. The number of hydrogen-bond donors (Lipinski definition) is 7. The summed E-state index contributed by atoms with van der Waals surface area (Å²) in [6, 6.07) is 5.14. The first kappa shape index (κ1) is 25.3. The van der Waals surface area contributed by atoms with E-state index in [9.17, 15) is 40.5 Å². The monoisotopic (exact) mass is 508 g/mol. The fourth-order valence-electron chi connectivity index (χ4n) is 3.84. The van der Waals surface area contributed by atoms with Crippen LogP contribution in [0.25, 0.3) is 22.3 Å². The summed E-state index contributed by atoms with van der Waals surface area (Å²) in [4.78, 5) is 13.0. The van der Waals surface area contributed by atoms with Crippen molar-refractivity contribution >= 4 is 11.0 Å².